The van der Waals surface area contributed by atoms with E-state index in [2.05, 4.69) is 17.4 Å². The van der Waals surface area contributed by atoms with E-state index in [0.717, 1.165) is 49.1 Å². The molecule has 1 saturated heterocycles. The van der Waals surface area contributed by atoms with E-state index in [1.807, 2.05) is 47.4 Å². The zero-order valence-electron chi connectivity index (χ0n) is 18.1. The van der Waals surface area contributed by atoms with Crippen molar-refractivity contribution in [2.45, 2.75) is 57.5 Å². The van der Waals surface area contributed by atoms with Crippen LogP contribution >= 0.6 is 0 Å². The predicted octanol–water partition coefficient (Wildman–Crippen LogP) is 4.82. The Hall–Kier alpha value is -2.82. The summed E-state index contributed by atoms with van der Waals surface area (Å²) in [5, 5.41) is 2.98. The van der Waals surface area contributed by atoms with Gasteiger partial charge in [0.2, 0.25) is 11.8 Å². The summed E-state index contributed by atoms with van der Waals surface area (Å²) in [6.45, 7) is 1.30. The van der Waals surface area contributed by atoms with Crippen molar-refractivity contribution in [3.63, 3.8) is 0 Å². The maximum Gasteiger partial charge on any atom is 0.227 e. The Morgan fingerprint density at radius 2 is 1.68 bits per heavy atom. The van der Waals surface area contributed by atoms with E-state index >= 15 is 0 Å². The molecule has 164 valence electrons. The van der Waals surface area contributed by atoms with Gasteiger partial charge in [0.25, 0.3) is 0 Å². The van der Waals surface area contributed by atoms with Gasteiger partial charge < -0.3 is 15.0 Å². The summed E-state index contributed by atoms with van der Waals surface area (Å²) in [6, 6.07) is 17.7. The third-order valence-corrected chi connectivity index (χ3v) is 6.39. The molecule has 1 heterocycles. The lowest BCUT2D eigenvalue weighted by atomic mass is 9.95. The standard InChI is InChI=1S/C26H32N2O3/c29-25(14-13-20-7-6-12-24(19-20)31-23-10-4-5-11-23)28-17-15-21(16-18-28)26(30)27-22-8-2-1-3-9-22/h1-3,6-9,12,19,21,23H,4-5,10-11,13-18H2,(H,27,30). The summed E-state index contributed by atoms with van der Waals surface area (Å²) in [5.41, 5.74) is 1.96. The third kappa shape index (κ3) is 6.09. The number of hydrogen-bond donors (Lipinski definition) is 1. The zero-order chi connectivity index (χ0) is 21.5. The van der Waals surface area contributed by atoms with Crippen LogP contribution in [0.3, 0.4) is 0 Å². The van der Waals surface area contributed by atoms with Crippen molar-refractivity contribution < 1.29 is 14.3 Å². The molecule has 1 aliphatic heterocycles. The molecule has 1 saturated carbocycles. The summed E-state index contributed by atoms with van der Waals surface area (Å²) in [4.78, 5) is 27.1. The molecule has 2 aromatic carbocycles. The van der Waals surface area contributed by atoms with Gasteiger partial charge in [0.1, 0.15) is 5.75 Å². The largest absolute Gasteiger partial charge is 0.490 e. The van der Waals surface area contributed by atoms with Gasteiger partial charge in [-0.15, -0.1) is 0 Å². The van der Waals surface area contributed by atoms with Crippen LogP contribution < -0.4 is 10.1 Å². The van der Waals surface area contributed by atoms with Crippen LogP contribution in [-0.2, 0) is 16.0 Å². The summed E-state index contributed by atoms with van der Waals surface area (Å²) >= 11 is 0. The van der Waals surface area contributed by atoms with Gasteiger partial charge in [-0.05, 0) is 74.8 Å². The van der Waals surface area contributed by atoms with Gasteiger partial charge in [-0.1, -0.05) is 30.3 Å². The number of nitrogens with zero attached hydrogens (tertiary/aromatic N) is 1. The molecule has 2 aromatic rings. The highest BCUT2D eigenvalue weighted by atomic mass is 16.5. The number of likely N-dealkylation sites (tertiary alicyclic amines) is 1. The molecule has 2 aliphatic rings. The summed E-state index contributed by atoms with van der Waals surface area (Å²) in [7, 11) is 0. The van der Waals surface area contributed by atoms with Crippen LogP contribution in [-0.4, -0.2) is 35.9 Å². The van der Waals surface area contributed by atoms with Gasteiger partial charge in [0.05, 0.1) is 6.10 Å². The van der Waals surface area contributed by atoms with Crippen molar-refractivity contribution in [2.75, 3.05) is 18.4 Å². The lowest BCUT2D eigenvalue weighted by Crippen LogP contribution is -2.41. The Morgan fingerprint density at radius 3 is 2.42 bits per heavy atom. The Balaban J connectivity index is 1.21. The number of ether oxygens (including phenoxy) is 1. The minimum absolute atomic E-state index is 0.0336. The number of carbonyl (C=O) groups is 2. The van der Waals surface area contributed by atoms with Crippen molar-refractivity contribution in [3.05, 3.63) is 60.2 Å². The van der Waals surface area contributed by atoms with Crippen LogP contribution in [0.25, 0.3) is 0 Å². The molecular formula is C26H32N2O3. The predicted molar refractivity (Wildman–Crippen MR) is 122 cm³/mol. The summed E-state index contributed by atoms with van der Waals surface area (Å²) in [6.07, 6.45) is 7.78. The van der Waals surface area contributed by atoms with Crippen molar-refractivity contribution in [2.24, 2.45) is 5.92 Å². The average molecular weight is 421 g/mol. The molecule has 0 radical (unpaired) electrons. The molecule has 2 fully saturated rings. The van der Waals surface area contributed by atoms with Crippen LogP contribution in [0.1, 0.15) is 50.5 Å². The third-order valence-electron chi connectivity index (χ3n) is 6.39. The first-order chi connectivity index (χ1) is 15.2. The molecule has 4 rings (SSSR count). The SMILES string of the molecule is O=C(Nc1ccccc1)C1CCN(C(=O)CCc2cccc(OC3CCCC3)c2)CC1. The van der Waals surface area contributed by atoms with Gasteiger partial charge in [-0.25, -0.2) is 0 Å². The second kappa shape index (κ2) is 10.5. The van der Waals surface area contributed by atoms with Crippen LogP contribution in [0.4, 0.5) is 5.69 Å². The number of anilines is 1. The van der Waals surface area contributed by atoms with E-state index in [0.29, 0.717) is 25.6 Å². The summed E-state index contributed by atoms with van der Waals surface area (Å²) in [5.74, 6) is 1.11. The number of hydrogen-bond acceptors (Lipinski definition) is 3. The number of rotatable bonds is 7. The number of aryl methyl sites for hydroxylation is 1. The monoisotopic (exact) mass is 420 g/mol. The number of carbonyl (C=O) groups excluding carboxylic acids is 2. The fraction of sp³-hybridized carbons (Fsp3) is 0.462. The van der Waals surface area contributed by atoms with Crippen molar-refractivity contribution in [1.82, 2.24) is 4.90 Å². The van der Waals surface area contributed by atoms with Gasteiger partial charge in [0.15, 0.2) is 0 Å². The quantitative estimate of drug-likeness (QED) is 0.699. The molecule has 31 heavy (non-hydrogen) atoms. The lowest BCUT2D eigenvalue weighted by Gasteiger charge is -2.31. The lowest BCUT2D eigenvalue weighted by molar-refractivity contribution is -0.134. The molecule has 5 nitrogen and oxygen atoms in total. The smallest absolute Gasteiger partial charge is 0.227 e. The number of piperidine rings is 1. The van der Waals surface area contributed by atoms with E-state index in [9.17, 15) is 9.59 Å². The number of para-hydroxylation sites is 1. The van der Waals surface area contributed by atoms with Crippen molar-refractivity contribution in [1.29, 1.82) is 0 Å². The first kappa shape index (κ1) is 21.4. The normalized spacial score (nSPS) is 17.5. The topological polar surface area (TPSA) is 58.6 Å². The number of nitrogens with one attached hydrogen (secondary N) is 1. The first-order valence-electron chi connectivity index (χ1n) is 11.6. The zero-order valence-corrected chi connectivity index (χ0v) is 18.1. The highest BCUT2D eigenvalue weighted by Gasteiger charge is 2.27. The molecular weight excluding hydrogens is 388 g/mol. The van der Waals surface area contributed by atoms with E-state index < -0.39 is 0 Å². The fourth-order valence-electron chi connectivity index (χ4n) is 4.54. The fourth-order valence-corrected chi connectivity index (χ4v) is 4.54. The van der Waals surface area contributed by atoms with E-state index in [-0.39, 0.29) is 17.7 Å². The van der Waals surface area contributed by atoms with Gasteiger partial charge in [-0.3, -0.25) is 9.59 Å². The Morgan fingerprint density at radius 1 is 0.935 bits per heavy atom. The molecule has 1 aliphatic carbocycles. The van der Waals surface area contributed by atoms with Crippen LogP contribution in [0.2, 0.25) is 0 Å². The second-order valence-corrected chi connectivity index (χ2v) is 8.68. The van der Waals surface area contributed by atoms with Crippen molar-refractivity contribution >= 4 is 17.5 Å². The molecule has 0 atom stereocenters. The molecule has 0 spiro atoms. The molecule has 5 heteroatoms. The van der Waals surface area contributed by atoms with Crippen LogP contribution in [0.5, 0.6) is 5.75 Å². The van der Waals surface area contributed by atoms with Crippen molar-refractivity contribution in [3.8, 4) is 5.75 Å². The Labute approximate surface area is 184 Å². The minimum atomic E-state index is -0.0336. The highest BCUT2D eigenvalue weighted by molar-refractivity contribution is 5.92. The number of amides is 2. The second-order valence-electron chi connectivity index (χ2n) is 8.68. The Bertz CT molecular complexity index is 869. The molecule has 2 amide bonds. The van der Waals surface area contributed by atoms with E-state index in [1.54, 1.807) is 0 Å². The van der Waals surface area contributed by atoms with Gasteiger partial charge >= 0.3 is 0 Å². The number of benzene rings is 2. The first-order valence-corrected chi connectivity index (χ1v) is 11.6. The molecule has 0 unspecified atom stereocenters. The minimum Gasteiger partial charge on any atom is -0.490 e. The van der Waals surface area contributed by atoms with E-state index in [1.165, 1.54) is 12.8 Å². The highest BCUT2D eigenvalue weighted by Crippen LogP contribution is 2.25. The molecule has 0 bridgehead atoms. The average Bonchev–Trinajstić information content (AvgIpc) is 3.31. The van der Waals surface area contributed by atoms with Crippen LogP contribution in [0, 0.1) is 5.92 Å². The Kier molecular flexibility index (Phi) is 7.23. The summed E-state index contributed by atoms with van der Waals surface area (Å²) < 4.78 is 6.08. The molecule has 0 aromatic heterocycles. The van der Waals surface area contributed by atoms with E-state index in [4.69, 9.17) is 4.74 Å². The maximum atomic E-state index is 12.7. The molecule has 1 N–H and O–H groups in total. The maximum absolute atomic E-state index is 12.7. The van der Waals surface area contributed by atoms with Crippen LogP contribution in [0.15, 0.2) is 54.6 Å². The van der Waals surface area contributed by atoms with Gasteiger partial charge in [-0.2, -0.15) is 0 Å². The van der Waals surface area contributed by atoms with Gasteiger partial charge in [0, 0.05) is 31.1 Å².